The summed E-state index contributed by atoms with van der Waals surface area (Å²) in [6.07, 6.45) is 2.15. The molecule has 0 radical (unpaired) electrons. The lowest BCUT2D eigenvalue weighted by atomic mass is 10.1. The van der Waals surface area contributed by atoms with Gasteiger partial charge in [-0.25, -0.2) is 13.6 Å². The van der Waals surface area contributed by atoms with Gasteiger partial charge in [0.05, 0.1) is 4.90 Å². The summed E-state index contributed by atoms with van der Waals surface area (Å²) < 4.78 is 23.7. The first-order chi connectivity index (χ1) is 9.88. The van der Waals surface area contributed by atoms with Gasteiger partial charge < -0.3 is 5.32 Å². The number of aromatic nitrogens is 2. The lowest BCUT2D eigenvalue weighted by Crippen LogP contribution is -2.27. The fraction of sp³-hybridized carbons (Fsp3) is 0.231. The predicted molar refractivity (Wildman–Crippen MR) is 77.1 cm³/mol. The highest BCUT2D eigenvalue weighted by atomic mass is 32.2. The van der Waals surface area contributed by atoms with E-state index in [0.29, 0.717) is 18.7 Å². The quantitative estimate of drug-likeness (QED) is 0.813. The molecule has 3 N–H and O–H groups in total. The fourth-order valence-corrected chi connectivity index (χ4v) is 2.37. The van der Waals surface area contributed by atoms with Gasteiger partial charge in [0.25, 0.3) is 5.91 Å². The summed E-state index contributed by atoms with van der Waals surface area (Å²) in [7, 11) is -1.97. The molecule has 7 nitrogen and oxygen atoms in total. The van der Waals surface area contributed by atoms with Crippen molar-refractivity contribution in [1.29, 1.82) is 0 Å². The molecule has 1 aromatic carbocycles. The number of benzene rings is 1. The monoisotopic (exact) mass is 308 g/mol. The summed E-state index contributed by atoms with van der Waals surface area (Å²) in [6, 6.07) is 7.89. The Hall–Kier alpha value is -2.19. The van der Waals surface area contributed by atoms with Gasteiger partial charge >= 0.3 is 0 Å². The van der Waals surface area contributed by atoms with Gasteiger partial charge in [-0.2, -0.15) is 5.10 Å². The number of sulfonamides is 1. The molecule has 2 rings (SSSR count). The molecule has 0 saturated carbocycles. The van der Waals surface area contributed by atoms with Crippen molar-refractivity contribution in [1.82, 2.24) is 15.1 Å². The number of hydrogen-bond donors (Lipinski definition) is 2. The van der Waals surface area contributed by atoms with Gasteiger partial charge in [0.2, 0.25) is 10.0 Å². The molecule has 112 valence electrons. The number of carbonyl (C=O) groups is 1. The van der Waals surface area contributed by atoms with Crippen molar-refractivity contribution in [3.63, 3.8) is 0 Å². The van der Waals surface area contributed by atoms with Gasteiger partial charge in [-0.3, -0.25) is 9.48 Å². The highest BCUT2D eigenvalue weighted by Gasteiger charge is 2.09. The van der Waals surface area contributed by atoms with Gasteiger partial charge in [-0.15, -0.1) is 0 Å². The molecule has 1 heterocycles. The normalized spacial score (nSPS) is 11.3. The maximum absolute atomic E-state index is 11.8. The van der Waals surface area contributed by atoms with Crippen LogP contribution in [0.4, 0.5) is 0 Å². The van der Waals surface area contributed by atoms with Crippen molar-refractivity contribution in [2.24, 2.45) is 12.2 Å². The maximum atomic E-state index is 11.8. The van der Waals surface area contributed by atoms with Crippen molar-refractivity contribution in [3.8, 4) is 0 Å². The van der Waals surface area contributed by atoms with Crippen molar-refractivity contribution < 1.29 is 13.2 Å². The van der Waals surface area contributed by atoms with Gasteiger partial charge in [0.15, 0.2) is 0 Å². The van der Waals surface area contributed by atoms with Crippen LogP contribution in [0.1, 0.15) is 16.1 Å². The molecule has 8 heteroatoms. The van der Waals surface area contributed by atoms with Crippen LogP contribution in [0.2, 0.25) is 0 Å². The number of primary sulfonamides is 1. The minimum atomic E-state index is -3.67. The third kappa shape index (κ3) is 3.89. The van der Waals surface area contributed by atoms with E-state index in [1.54, 1.807) is 31.4 Å². The molecule has 0 spiro atoms. The smallest absolute Gasteiger partial charge is 0.269 e. The van der Waals surface area contributed by atoms with E-state index >= 15 is 0 Å². The van der Waals surface area contributed by atoms with E-state index in [-0.39, 0.29) is 10.8 Å². The van der Waals surface area contributed by atoms with Gasteiger partial charge in [0, 0.05) is 19.8 Å². The standard InChI is InChI=1S/C13H16N4O3S/c1-17-12(7-9-16-17)13(18)15-8-6-10-2-4-11(5-3-10)21(14,19)20/h2-5,7,9H,6,8H2,1H3,(H,15,18)(H2,14,19,20). The predicted octanol–water partition coefficient (Wildman–Crippen LogP) is 0.0400. The van der Waals surface area contributed by atoms with Crippen LogP contribution < -0.4 is 10.5 Å². The zero-order valence-electron chi connectivity index (χ0n) is 11.5. The highest BCUT2D eigenvalue weighted by molar-refractivity contribution is 7.89. The van der Waals surface area contributed by atoms with E-state index in [1.807, 2.05) is 0 Å². The Kier molecular flexibility index (Phi) is 4.39. The fourth-order valence-electron chi connectivity index (χ4n) is 1.85. The van der Waals surface area contributed by atoms with E-state index in [9.17, 15) is 13.2 Å². The molecule has 2 aromatic rings. The minimum Gasteiger partial charge on any atom is -0.350 e. The molecular weight excluding hydrogens is 292 g/mol. The minimum absolute atomic E-state index is 0.0742. The Morgan fingerprint density at radius 2 is 1.95 bits per heavy atom. The summed E-state index contributed by atoms with van der Waals surface area (Å²) in [5, 5.41) is 11.7. The maximum Gasteiger partial charge on any atom is 0.269 e. The zero-order chi connectivity index (χ0) is 15.5. The average Bonchev–Trinajstić information content (AvgIpc) is 2.84. The van der Waals surface area contributed by atoms with Crippen LogP contribution in [0.25, 0.3) is 0 Å². The molecule has 1 amide bonds. The van der Waals surface area contributed by atoms with Crippen molar-refractivity contribution in [3.05, 3.63) is 47.8 Å². The molecule has 0 unspecified atom stereocenters. The zero-order valence-corrected chi connectivity index (χ0v) is 12.3. The molecule has 0 aliphatic heterocycles. The molecule has 0 atom stereocenters. The van der Waals surface area contributed by atoms with E-state index in [4.69, 9.17) is 5.14 Å². The molecule has 0 bridgehead atoms. The first kappa shape index (κ1) is 15.2. The first-order valence-electron chi connectivity index (χ1n) is 6.26. The van der Waals surface area contributed by atoms with Crippen molar-refractivity contribution >= 4 is 15.9 Å². The Morgan fingerprint density at radius 3 is 2.48 bits per heavy atom. The van der Waals surface area contributed by atoms with E-state index in [1.165, 1.54) is 16.8 Å². The molecule has 21 heavy (non-hydrogen) atoms. The Morgan fingerprint density at radius 1 is 1.29 bits per heavy atom. The number of nitrogens with two attached hydrogens (primary N) is 1. The van der Waals surface area contributed by atoms with Crippen LogP contribution in [0, 0.1) is 0 Å². The summed E-state index contributed by atoms with van der Waals surface area (Å²) in [5.41, 5.74) is 1.40. The summed E-state index contributed by atoms with van der Waals surface area (Å²) in [5.74, 6) is -0.198. The third-order valence-electron chi connectivity index (χ3n) is 3.00. The lowest BCUT2D eigenvalue weighted by molar-refractivity contribution is 0.0944. The highest BCUT2D eigenvalue weighted by Crippen LogP contribution is 2.09. The molecule has 0 aliphatic rings. The van der Waals surface area contributed by atoms with Crippen LogP contribution in [0.15, 0.2) is 41.4 Å². The topological polar surface area (TPSA) is 107 Å². The van der Waals surface area contributed by atoms with E-state index in [0.717, 1.165) is 5.56 Å². The number of aryl methyl sites for hydroxylation is 1. The number of nitrogens with one attached hydrogen (secondary N) is 1. The second-order valence-corrected chi connectivity index (χ2v) is 6.10. The summed E-state index contributed by atoms with van der Waals surface area (Å²) in [6.45, 7) is 0.443. The summed E-state index contributed by atoms with van der Waals surface area (Å²) >= 11 is 0. The Bertz CT molecular complexity index is 735. The number of amides is 1. The van der Waals surface area contributed by atoms with E-state index in [2.05, 4.69) is 10.4 Å². The third-order valence-corrected chi connectivity index (χ3v) is 3.93. The van der Waals surface area contributed by atoms with Crippen LogP contribution in [0.5, 0.6) is 0 Å². The second-order valence-electron chi connectivity index (χ2n) is 4.53. The van der Waals surface area contributed by atoms with Crippen LogP contribution in [0.3, 0.4) is 0 Å². The van der Waals surface area contributed by atoms with Gasteiger partial charge in [0.1, 0.15) is 5.69 Å². The van der Waals surface area contributed by atoms with Gasteiger partial charge in [-0.05, 0) is 30.2 Å². The van der Waals surface area contributed by atoms with Crippen molar-refractivity contribution in [2.45, 2.75) is 11.3 Å². The number of hydrogen-bond acceptors (Lipinski definition) is 4. The molecule has 0 saturated heterocycles. The molecule has 0 aliphatic carbocycles. The average molecular weight is 308 g/mol. The number of nitrogens with zero attached hydrogens (tertiary/aromatic N) is 2. The van der Waals surface area contributed by atoms with Gasteiger partial charge in [-0.1, -0.05) is 12.1 Å². The first-order valence-corrected chi connectivity index (χ1v) is 7.80. The number of carbonyl (C=O) groups excluding carboxylic acids is 1. The van der Waals surface area contributed by atoms with Crippen LogP contribution in [-0.2, 0) is 23.5 Å². The molecular formula is C13H16N4O3S. The molecule has 1 aromatic heterocycles. The largest absolute Gasteiger partial charge is 0.350 e. The summed E-state index contributed by atoms with van der Waals surface area (Å²) in [4.78, 5) is 11.9. The molecule has 0 fully saturated rings. The van der Waals surface area contributed by atoms with Crippen molar-refractivity contribution in [2.75, 3.05) is 6.54 Å². The SMILES string of the molecule is Cn1nccc1C(=O)NCCc1ccc(S(N)(=O)=O)cc1. The van der Waals surface area contributed by atoms with Crippen LogP contribution >= 0.6 is 0 Å². The second kappa shape index (κ2) is 6.06. The Balaban J connectivity index is 1.89. The van der Waals surface area contributed by atoms with E-state index < -0.39 is 10.0 Å². The lowest BCUT2D eigenvalue weighted by Gasteiger charge is -2.06. The number of rotatable bonds is 5. The Labute approximate surface area is 122 Å². The van der Waals surface area contributed by atoms with Crippen LogP contribution in [-0.4, -0.2) is 30.7 Å².